The highest BCUT2D eigenvalue weighted by Crippen LogP contribution is 2.33. The maximum absolute atomic E-state index is 13.3. The van der Waals surface area contributed by atoms with E-state index < -0.39 is 41.6 Å². The van der Waals surface area contributed by atoms with Crippen molar-refractivity contribution in [1.82, 2.24) is 36.6 Å². The first-order valence-electron chi connectivity index (χ1n) is 16.6. The normalized spacial score (nSPS) is 18.6. The summed E-state index contributed by atoms with van der Waals surface area (Å²) in [5.41, 5.74) is 0.0819. The van der Waals surface area contributed by atoms with Crippen LogP contribution in [0.3, 0.4) is 0 Å². The van der Waals surface area contributed by atoms with E-state index >= 15 is 0 Å². The van der Waals surface area contributed by atoms with Gasteiger partial charge in [-0.15, -0.1) is 0 Å². The Morgan fingerprint density at radius 2 is 1.48 bits per heavy atom. The van der Waals surface area contributed by atoms with Crippen LogP contribution in [0.15, 0.2) is 18.6 Å². The number of Topliss-reactive ketones (excluding diaryl/α,β-unsaturated/α-hetero) is 1. The molecule has 46 heavy (non-hydrogen) atoms. The van der Waals surface area contributed by atoms with Crippen molar-refractivity contribution in [2.75, 3.05) is 6.54 Å². The lowest BCUT2D eigenvalue weighted by Crippen LogP contribution is -2.57. The number of hydrogen-bond donors (Lipinski definition) is 5. The second kappa shape index (κ2) is 18.9. The minimum Gasteiger partial charge on any atom is -0.354 e. The first-order chi connectivity index (χ1) is 21.8. The maximum atomic E-state index is 13.3. The molecule has 2 rings (SSSR count). The third-order valence-corrected chi connectivity index (χ3v) is 8.52. The van der Waals surface area contributed by atoms with Gasteiger partial charge < -0.3 is 26.6 Å². The molecule has 13 heteroatoms. The highest BCUT2D eigenvalue weighted by Gasteiger charge is 2.34. The van der Waals surface area contributed by atoms with Gasteiger partial charge in [-0.2, -0.15) is 0 Å². The first kappa shape index (κ1) is 38.3. The molecule has 1 aromatic rings. The standard InChI is InChI=1S/C33H53N7O6/c1-8-11-24(29(42)33(46)37-21(7)9-2)38-26(41)16-22-12-10-13-23(22)17-36-31(44)27(19(3)4)40-32(45)28(20(5)6)39-30(43)25-18-34-14-15-35-25/h14-15,18-24,27-28H,8-13,16-17H2,1-7H3,(H,36,44)(H,37,46)(H,38,41)(H,39,43)(H,40,45)/t21-,22-,23+,24?,27+,28-/m1/s1. The third kappa shape index (κ3) is 11.8. The molecule has 0 aromatic carbocycles. The van der Waals surface area contributed by atoms with Crippen molar-refractivity contribution in [3.05, 3.63) is 24.3 Å². The molecule has 1 aliphatic rings. The smallest absolute Gasteiger partial charge is 0.289 e. The summed E-state index contributed by atoms with van der Waals surface area (Å²) in [6, 6.07) is -2.75. The van der Waals surface area contributed by atoms with Crippen molar-refractivity contribution >= 4 is 35.3 Å². The van der Waals surface area contributed by atoms with Crippen LogP contribution in [0.5, 0.6) is 0 Å². The lowest BCUT2D eigenvalue weighted by Gasteiger charge is -2.28. The van der Waals surface area contributed by atoms with Gasteiger partial charge in [-0.25, -0.2) is 4.98 Å². The number of aromatic nitrogens is 2. The average molecular weight is 644 g/mol. The average Bonchev–Trinajstić information content (AvgIpc) is 3.46. The van der Waals surface area contributed by atoms with E-state index in [4.69, 9.17) is 0 Å². The summed E-state index contributed by atoms with van der Waals surface area (Å²) in [6.07, 6.45) is 8.56. The number of nitrogens with one attached hydrogen (secondary N) is 5. The van der Waals surface area contributed by atoms with Crippen LogP contribution in [0.25, 0.3) is 0 Å². The molecular weight excluding hydrogens is 590 g/mol. The van der Waals surface area contributed by atoms with Gasteiger partial charge in [0.15, 0.2) is 0 Å². The van der Waals surface area contributed by atoms with Crippen LogP contribution >= 0.6 is 0 Å². The van der Waals surface area contributed by atoms with Crippen molar-refractivity contribution in [2.24, 2.45) is 23.7 Å². The van der Waals surface area contributed by atoms with Crippen LogP contribution < -0.4 is 26.6 Å². The summed E-state index contributed by atoms with van der Waals surface area (Å²) in [6.45, 7) is 13.2. The molecule has 0 radical (unpaired) electrons. The van der Waals surface area contributed by atoms with Crippen molar-refractivity contribution < 1.29 is 28.8 Å². The molecule has 1 fully saturated rings. The van der Waals surface area contributed by atoms with Crippen LogP contribution in [0.4, 0.5) is 0 Å². The molecule has 6 atom stereocenters. The van der Waals surface area contributed by atoms with E-state index in [-0.39, 0.29) is 53.6 Å². The van der Waals surface area contributed by atoms with Crippen LogP contribution in [0.2, 0.25) is 0 Å². The minimum atomic E-state index is -0.897. The van der Waals surface area contributed by atoms with Gasteiger partial charge in [-0.05, 0) is 56.3 Å². The fraction of sp³-hybridized carbons (Fsp3) is 0.697. The zero-order valence-electron chi connectivity index (χ0n) is 28.4. The fourth-order valence-corrected chi connectivity index (χ4v) is 5.54. The second-order valence-corrected chi connectivity index (χ2v) is 13.0. The highest BCUT2D eigenvalue weighted by molar-refractivity contribution is 6.38. The Balaban J connectivity index is 1.97. The summed E-state index contributed by atoms with van der Waals surface area (Å²) in [5, 5.41) is 13.9. The zero-order chi connectivity index (χ0) is 34.4. The van der Waals surface area contributed by atoms with E-state index in [0.29, 0.717) is 25.8 Å². The van der Waals surface area contributed by atoms with Crippen molar-refractivity contribution in [2.45, 2.75) is 118 Å². The van der Waals surface area contributed by atoms with E-state index in [1.54, 1.807) is 13.8 Å². The summed E-state index contributed by atoms with van der Waals surface area (Å²) >= 11 is 0. The monoisotopic (exact) mass is 643 g/mol. The molecule has 1 aromatic heterocycles. The number of carbonyl (C=O) groups excluding carboxylic acids is 6. The third-order valence-electron chi connectivity index (χ3n) is 8.52. The molecule has 1 heterocycles. The van der Waals surface area contributed by atoms with Gasteiger partial charge in [0.05, 0.1) is 12.2 Å². The molecule has 0 bridgehead atoms. The second-order valence-electron chi connectivity index (χ2n) is 13.0. The zero-order valence-corrected chi connectivity index (χ0v) is 28.4. The maximum Gasteiger partial charge on any atom is 0.289 e. The van der Waals surface area contributed by atoms with Crippen molar-refractivity contribution in [3.63, 3.8) is 0 Å². The number of nitrogens with zero attached hydrogens (tertiary/aromatic N) is 2. The quantitative estimate of drug-likeness (QED) is 0.150. The van der Waals surface area contributed by atoms with Crippen LogP contribution in [0.1, 0.15) is 104 Å². The Morgan fingerprint density at radius 3 is 2.07 bits per heavy atom. The number of ketones is 1. The molecule has 1 aliphatic carbocycles. The van der Waals surface area contributed by atoms with Crippen molar-refractivity contribution in [1.29, 1.82) is 0 Å². The Labute approximate surface area is 272 Å². The van der Waals surface area contributed by atoms with Gasteiger partial charge in [0, 0.05) is 31.4 Å². The Morgan fingerprint density at radius 1 is 0.826 bits per heavy atom. The SMILES string of the molecule is CCCC(NC(=O)C[C@H]1CCC[C@H]1CNC(=O)[C@@H](NC(=O)[C@H](NC(=O)c1cnccn1)C(C)C)C(C)C)C(=O)C(=O)N[C@H](C)CC. The predicted octanol–water partition coefficient (Wildman–Crippen LogP) is 2.06. The molecule has 1 saturated carbocycles. The summed E-state index contributed by atoms with van der Waals surface area (Å²) in [5.74, 6) is -3.43. The Kier molecular flexibility index (Phi) is 15.7. The topological polar surface area (TPSA) is 188 Å². The minimum absolute atomic E-state index is 0.000305. The summed E-state index contributed by atoms with van der Waals surface area (Å²) < 4.78 is 0. The molecule has 256 valence electrons. The summed E-state index contributed by atoms with van der Waals surface area (Å²) in [7, 11) is 0. The lowest BCUT2D eigenvalue weighted by atomic mass is 9.91. The molecule has 0 spiro atoms. The molecule has 13 nitrogen and oxygen atoms in total. The van der Waals surface area contributed by atoms with E-state index in [0.717, 1.165) is 19.3 Å². The van der Waals surface area contributed by atoms with Crippen LogP contribution in [0, 0.1) is 23.7 Å². The van der Waals surface area contributed by atoms with Gasteiger partial charge >= 0.3 is 0 Å². The molecular formula is C33H53N7O6. The lowest BCUT2D eigenvalue weighted by molar-refractivity contribution is -0.140. The molecule has 0 saturated heterocycles. The molecule has 1 unspecified atom stereocenters. The van der Waals surface area contributed by atoms with Gasteiger partial charge in [0.25, 0.3) is 11.8 Å². The van der Waals surface area contributed by atoms with Gasteiger partial charge in [-0.1, -0.05) is 54.4 Å². The summed E-state index contributed by atoms with van der Waals surface area (Å²) in [4.78, 5) is 85.3. The van der Waals surface area contributed by atoms with E-state index in [1.165, 1.54) is 18.6 Å². The number of hydrogen-bond acceptors (Lipinski definition) is 8. The van der Waals surface area contributed by atoms with Gasteiger partial charge in [0.2, 0.25) is 23.5 Å². The molecule has 5 N–H and O–H groups in total. The van der Waals surface area contributed by atoms with E-state index in [2.05, 4.69) is 36.6 Å². The number of carbonyl (C=O) groups is 6. The first-order valence-corrected chi connectivity index (χ1v) is 16.6. The Hall–Kier alpha value is -3.90. The van der Waals surface area contributed by atoms with E-state index in [9.17, 15) is 28.8 Å². The molecule has 0 aliphatic heterocycles. The number of rotatable bonds is 18. The van der Waals surface area contributed by atoms with Gasteiger partial charge in [-0.3, -0.25) is 33.8 Å². The van der Waals surface area contributed by atoms with Crippen molar-refractivity contribution in [3.8, 4) is 0 Å². The fourth-order valence-electron chi connectivity index (χ4n) is 5.54. The predicted molar refractivity (Wildman–Crippen MR) is 173 cm³/mol. The highest BCUT2D eigenvalue weighted by atomic mass is 16.2. The van der Waals surface area contributed by atoms with Gasteiger partial charge in [0.1, 0.15) is 17.8 Å². The van der Waals surface area contributed by atoms with E-state index in [1.807, 2.05) is 34.6 Å². The number of amides is 5. The molecule has 5 amide bonds. The van der Waals surface area contributed by atoms with Crippen LogP contribution in [-0.2, 0) is 24.0 Å². The largest absolute Gasteiger partial charge is 0.354 e. The Bertz CT molecular complexity index is 1190. The van der Waals surface area contributed by atoms with Crippen LogP contribution in [-0.4, -0.2) is 76.0 Å².